The third-order valence-corrected chi connectivity index (χ3v) is 3.85. The molecule has 0 aromatic heterocycles. The van der Waals surface area contributed by atoms with Gasteiger partial charge in [0, 0.05) is 38.4 Å². The molecule has 2 rings (SSSR count). The molecule has 5 heteroatoms. The zero-order valence-electron chi connectivity index (χ0n) is 12.1. The molecular weight excluding hydrogens is 257 g/mol. The maximum absolute atomic E-state index is 12.9. The summed E-state index contributed by atoms with van der Waals surface area (Å²) in [4.78, 5) is 16.3. The number of amides is 1. The summed E-state index contributed by atoms with van der Waals surface area (Å²) in [6.07, 6.45) is 0. The number of anilines is 1. The van der Waals surface area contributed by atoms with Crippen LogP contribution in [0.15, 0.2) is 24.3 Å². The van der Waals surface area contributed by atoms with Gasteiger partial charge in [0.05, 0.1) is 5.41 Å². The zero-order chi connectivity index (χ0) is 14.8. The fraction of sp³-hybridized carbons (Fsp3) is 0.533. The molecule has 0 unspecified atom stereocenters. The number of carbonyl (C=O) groups is 1. The quantitative estimate of drug-likeness (QED) is 0.911. The van der Waals surface area contributed by atoms with Crippen LogP contribution >= 0.6 is 0 Å². The minimum Gasteiger partial charge on any atom is -0.368 e. The van der Waals surface area contributed by atoms with E-state index in [1.165, 1.54) is 12.1 Å². The first kappa shape index (κ1) is 14.8. The maximum atomic E-state index is 12.9. The minimum absolute atomic E-state index is 0.110. The second kappa shape index (κ2) is 5.79. The minimum atomic E-state index is -0.502. The van der Waals surface area contributed by atoms with E-state index >= 15 is 0 Å². The van der Waals surface area contributed by atoms with Crippen molar-refractivity contribution in [1.29, 1.82) is 0 Å². The van der Waals surface area contributed by atoms with E-state index in [2.05, 4.69) is 4.90 Å². The van der Waals surface area contributed by atoms with Crippen molar-refractivity contribution in [2.24, 2.45) is 11.1 Å². The Bertz CT molecular complexity index is 465. The van der Waals surface area contributed by atoms with Crippen molar-refractivity contribution in [2.75, 3.05) is 37.6 Å². The smallest absolute Gasteiger partial charge is 0.229 e. The third kappa shape index (κ3) is 3.10. The van der Waals surface area contributed by atoms with Crippen LogP contribution in [0.3, 0.4) is 0 Å². The lowest BCUT2D eigenvalue weighted by molar-refractivity contribution is -0.140. The number of rotatable bonds is 3. The van der Waals surface area contributed by atoms with Crippen molar-refractivity contribution < 1.29 is 9.18 Å². The Morgan fingerprint density at radius 1 is 1.20 bits per heavy atom. The van der Waals surface area contributed by atoms with Gasteiger partial charge in [0.1, 0.15) is 5.82 Å². The van der Waals surface area contributed by atoms with Gasteiger partial charge in [0.2, 0.25) is 5.91 Å². The molecule has 1 aromatic carbocycles. The maximum Gasteiger partial charge on any atom is 0.229 e. The molecule has 4 nitrogen and oxygen atoms in total. The first-order chi connectivity index (χ1) is 9.44. The predicted octanol–water partition coefficient (Wildman–Crippen LogP) is 1.46. The summed E-state index contributed by atoms with van der Waals surface area (Å²) in [5.41, 5.74) is 6.15. The SMILES string of the molecule is CC(C)(CN)C(=O)N1CCN(c2ccc(F)cc2)CC1. The van der Waals surface area contributed by atoms with Crippen LogP contribution in [-0.4, -0.2) is 43.5 Å². The summed E-state index contributed by atoms with van der Waals surface area (Å²) < 4.78 is 12.9. The Morgan fingerprint density at radius 3 is 2.25 bits per heavy atom. The summed E-state index contributed by atoms with van der Waals surface area (Å²) >= 11 is 0. The van der Waals surface area contributed by atoms with Crippen molar-refractivity contribution >= 4 is 11.6 Å². The van der Waals surface area contributed by atoms with Gasteiger partial charge in [-0.05, 0) is 38.1 Å². The highest BCUT2D eigenvalue weighted by Gasteiger charge is 2.32. The number of piperazine rings is 1. The van der Waals surface area contributed by atoms with E-state index in [-0.39, 0.29) is 11.7 Å². The van der Waals surface area contributed by atoms with Crippen LogP contribution in [0.5, 0.6) is 0 Å². The van der Waals surface area contributed by atoms with Gasteiger partial charge in [0.25, 0.3) is 0 Å². The molecule has 1 heterocycles. The van der Waals surface area contributed by atoms with Crippen molar-refractivity contribution in [3.63, 3.8) is 0 Å². The number of hydrogen-bond donors (Lipinski definition) is 1. The standard InChI is InChI=1S/C15H22FN3O/c1-15(2,11-17)14(20)19-9-7-18(8-10-19)13-5-3-12(16)4-6-13/h3-6H,7-11,17H2,1-2H3. The van der Waals surface area contributed by atoms with E-state index in [1.54, 1.807) is 12.1 Å². The Hall–Kier alpha value is -1.62. The van der Waals surface area contributed by atoms with Crippen LogP contribution in [0.25, 0.3) is 0 Å². The van der Waals surface area contributed by atoms with Crippen LogP contribution in [0.2, 0.25) is 0 Å². The molecule has 1 aliphatic heterocycles. The monoisotopic (exact) mass is 279 g/mol. The van der Waals surface area contributed by atoms with Crippen molar-refractivity contribution in [2.45, 2.75) is 13.8 Å². The zero-order valence-corrected chi connectivity index (χ0v) is 12.1. The van der Waals surface area contributed by atoms with Crippen molar-refractivity contribution in [3.8, 4) is 0 Å². The number of carbonyl (C=O) groups excluding carboxylic acids is 1. The summed E-state index contributed by atoms with van der Waals surface area (Å²) in [5, 5.41) is 0. The Balaban J connectivity index is 1.96. The Kier molecular flexibility index (Phi) is 4.28. The van der Waals surface area contributed by atoms with Gasteiger partial charge in [0.15, 0.2) is 0 Å². The molecule has 1 aromatic rings. The molecule has 1 aliphatic rings. The van der Waals surface area contributed by atoms with Crippen LogP contribution in [0.1, 0.15) is 13.8 Å². The lowest BCUT2D eigenvalue weighted by Crippen LogP contribution is -2.53. The predicted molar refractivity (Wildman–Crippen MR) is 78.0 cm³/mol. The highest BCUT2D eigenvalue weighted by atomic mass is 19.1. The largest absolute Gasteiger partial charge is 0.368 e. The normalized spacial score (nSPS) is 16.4. The van der Waals surface area contributed by atoms with Gasteiger partial charge in [-0.15, -0.1) is 0 Å². The molecule has 0 saturated carbocycles. The average molecular weight is 279 g/mol. The Morgan fingerprint density at radius 2 is 1.75 bits per heavy atom. The van der Waals surface area contributed by atoms with Gasteiger partial charge < -0.3 is 15.5 Å². The molecule has 1 amide bonds. The molecule has 1 fully saturated rings. The highest BCUT2D eigenvalue weighted by Crippen LogP contribution is 2.21. The third-order valence-electron chi connectivity index (χ3n) is 3.85. The molecule has 0 radical (unpaired) electrons. The summed E-state index contributed by atoms with van der Waals surface area (Å²) in [6.45, 7) is 6.99. The second-order valence-electron chi connectivity index (χ2n) is 5.84. The van der Waals surface area contributed by atoms with Crippen LogP contribution in [0.4, 0.5) is 10.1 Å². The number of hydrogen-bond acceptors (Lipinski definition) is 3. The topological polar surface area (TPSA) is 49.6 Å². The van der Waals surface area contributed by atoms with Crippen LogP contribution < -0.4 is 10.6 Å². The molecule has 0 aliphatic carbocycles. The summed E-state index contributed by atoms with van der Waals surface area (Å²) in [7, 11) is 0. The highest BCUT2D eigenvalue weighted by molar-refractivity contribution is 5.82. The van der Waals surface area contributed by atoms with Gasteiger partial charge in [-0.25, -0.2) is 4.39 Å². The fourth-order valence-electron chi connectivity index (χ4n) is 2.33. The van der Waals surface area contributed by atoms with Gasteiger partial charge in [-0.3, -0.25) is 4.79 Å². The fourth-order valence-corrected chi connectivity index (χ4v) is 2.33. The van der Waals surface area contributed by atoms with E-state index in [0.717, 1.165) is 18.8 Å². The molecule has 0 bridgehead atoms. The second-order valence-corrected chi connectivity index (χ2v) is 5.84. The van der Waals surface area contributed by atoms with Crippen molar-refractivity contribution in [1.82, 2.24) is 4.90 Å². The first-order valence-corrected chi connectivity index (χ1v) is 6.94. The molecule has 0 spiro atoms. The first-order valence-electron chi connectivity index (χ1n) is 6.94. The lowest BCUT2D eigenvalue weighted by atomic mass is 9.91. The van der Waals surface area contributed by atoms with Crippen LogP contribution in [-0.2, 0) is 4.79 Å². The Labute approximate surface area is 119 Å². The molecule has 110 valence electrons. The van der Waals surface area contributed by atoms with E-state index in [1.807, 2.05) is 18.7 Å². The molecule has 20 heavy (non-hydrogen) atoms. The number of nitrogens with zero attached hydrogens (tertiary/aromatic N) is 2. The molecule has 1 saturated heterocycles. The van der Waals surface area contributed by atoms with Gasteiger partial charge in [-0.1, -0.05) is 0 Å². The van der Waals surface area contributed by atoms with E-state index < -0.39 is 5.41 Å². The number of halogens is 1. The lowest BCUT2D eigenvalue weighted by Gasteiger charge is -2.39. The average Bonchev–Trinajstić information content (AvgIpc) is 2.47. The van der Waals surface area contributed by atoms with E-state index in [4.69, 9.17) is 5.73 Å². The van der Waals surface area contributed by atoms with Gasteiger partial charge in [-0.2, -0.15) is 0 Å². The van der Waals surface area contributed by atoms with E-state index in [0.29, 0.717) is 19.6 Å². The summed E-state index contributed by atoms with van der Waals surface area (Å²) in [5.74, 6) is -0.119. The summed E-state index contributed by atoms with van der Waals surface area (Å²) in [6, 6.07) is 6.47. The van der Waals surface area contributed by atoms with Gasteiger partial charge >= 0.3 is 0 Å². The molecule has 0 atom stereocenters. The van der Waals surface area contributed by atoms with Crippen molar-refractivity contribution in [3.05, 3.63) is 30.1 Å². The molecule has 2 N–H and O–H groups in total. The van der Waals surface area contributed by atoms with Crippen LogP contribution in [0, 0.1) is 11.2 Å². The number of nitrogens with two attached hydrogens (primary N) is 1. The number of benzene rings is 1. The molecular formula is C15H22FN3O. The van der Waals surface area contributed by atoms with E-state index in [9.17, 15) is 9.18 Å².